The summed E-state index contributed by atoms with van der Waals surface area (Å²) in [7, 11) is 0. The predicted octanol–water partition coefficient (Wildman–Crippen LogP) is 2.93. The molecule has 110 valence electrons. The van der Waals surface area contributed by atoms with Crippen LogP contribution in [0, 0.1) is 6.92 Å². The summed E-state index contributed by atoms with van der Waals surface area (Å²) in [5.41, 5.74) is 7.86. The van der Waals surface area contributed by atoms with Crippen LogP contribution in [0.2, 0.25) is 0 Å². The third-order valence-corrected chi connectivity index (χ3v) is 3.05. The van der Waals surface area contributed by atoms with E-state index in [9.17, 15) is 9.90 Å². The number of nitrogen functional groups attached to an aromatic ring is 1. The van der Waals surface area contributed by atoms with E-state index in [0.717, 1.165) is 5.56 Å². The molecule has 0 saturated heterocycles. The quantitative estimate of drug-likeness (QED) is 0.754. The maximum atomic E-state index is 12.3. The average molecular weight is 286 g/mol. The predicted molar refractivity (Wildman–Crippen MR) is 82.8 cm³/mol. The van der Waals surface area contributed by atoms with Gasteiger partial charge in [-0.15, -0.1) is 0 Å². The SMILES string of the molecule is CCOc1c(N)cccc1C(=O)Nc1ccc(C)c(O)c1. The minimum atomic E-state index is -0.339. The number of nitrogens with two attached hydrogens (primary N) is 1. The van der Waals surface area contributed by atoms with Gasteiger partial charge in [-0.05, 0) is 37.6 Å². The number of aryl methyl sites for hydroxylation is 1. The van der Waals surface area contributed by atoms with Crippen LogP contribution in [-0.2, 0) is 0 Å². The Labute approximate surface area is 123 Å². The Kier molecular flexibility index (Phi) is 4.33. The van der Waals surface area contributed by atoms with Gasteiger partial charge in [0.25, 0.3) is 5.91 Å². The van der Waals surface area contributed by atoms with Crippen LogP contribution in [0.15, 0.2) is 36.4 Å². The Bertz CT molecular complexity index is 669. The van der Waals surface area contributed by atoms with Crippen molar-refractivity contribution in [3.8, 4) is 11.5 Å². The molecule has 21 heavy (non-hydrogen) atoms. The normalized spacial score (nSPS) is 10.2. The fraction of sp³-hybridized carbons (Fsp3) is 0.188. The molecule has 0 atom stereocenters. The van der Waals surface area contributed by atoms with Gasteiger partial charge in [0, 0.05) is 11.8 Å². The maximum Gasteiger partial charge on any atom is 0.259 e. The molecule has 0 heterocycles. The molecule has 1 amide bonds. The maximum absolute atomic E-state index is 12.3. The highest BCUT2D eigenvalue weighted by Crippen LogP contribution is 2.28. The number of benzene rings is 2. The molecule has 5 heteroatoms. The highest BCUT2D eigenvalue weighted by molar-refractivity contribution is 6.07. The van der Waals surface area contributed by atoms with Crippen molar-refractivity contribution in [3.05, 3.63) is 47.5 Å². The smallest absolute Gasteiger partial charge is 0.259 e. The number of anilines is 2. The summed E-state index contributed by atoms with van der Waals surface area (Å²) in [5, 5.41) is 12.4. The highest BCUT2D eigenvalue weighted by atomic mass is 16.5. The van der Waals surface area contributed by atoms with E-state index in [1.54, 1.807) is 37.3 Å². The first-order chi connectivity index (χ1) is 10.0. The third kappa shape index (κ3) is 3.25. The zero-order valence-electron chi connectivity index (χ0n) is 12.0. The summed E-state index contributed by atoms with van der Waals surface area (Å²) in [4.78, 5) is 12.3. The Hall–Kier alpha value is -2.69. The van der Waals surface area contributed by atoms with Gasteiger partial charge >= 0.3 is 0 Å². The van der Waals surface area contributed by atoms with E-state index >= 15 is 0 Å². The molecule has 0 aromatic heterocycles. The van der Waals surface area contributed by atoms with Crippen molar-refractivity contribution >= 4 is 17.3 Å². The molecule has 0 saturated carbocycles. The molecule has 2 aromatic rings. The van der Waals surface area contributed by atoms with Crippen molar-refractivity contribution in [1.82, 2.24) is 0 Å². The molecule has 0 aliphatic heterocycles. The van der Waals surface area contributed by atoms with Crippen molar-refractivity contribution in [2.45, 2.75) is 13.8 Å². The zero-order valence-corrected chi connectivity index (χ0v) is 12.0. The third-order valence-electron chi connectivity index (χ3n) is 3.05. The van der Waals surface area contributed by atoms with Gasteiger partial charge in [-0.3, -0.25) is 4.79 Å². The van der Waals surface area contributed by atoms with E-state index in [2.05, 4.69) is 5.32 Å². The van der Waals surface area contributed by atoms with E-state index in [4.69, 9.17) is 10.5 Å². The average Bonchev–Trinajstić information content (AvgIpc) is 2.45. The molecule has 4 N–H and O–H groups in total. The lowest BCUT2D eigenvalue weighted by Gasteiger charge is -2.13. The van der Waals surface area contributed by atoms with E-state index in [0.29, 0.717) is 29.3 Å². The molecule has 2 rings (SSSR count). The van der Waals surface area contributed by atoms with Gasteiger partial charge in [-0.1, -0.05) is 12.1 Å². The first-order valence-electron chi connectivity index (χ1n) is 6.65. The van der Waals surface area contributed by atoms with Gasteiger partial charge in [0.1, 0.15) is 5.75 Å². The number of amides is 1. The lowest BCUT2D eigenvalue weighted by atomic mass is 10.1. The van der Waals surface area contributed by atoms with E-state index in [1.165, 1.54) is 6.07 Å². The van der Waals surface area contributed by atoms with Crippen molar-refractivity contribution < 1.29 is 14.6 Å². The molecule has 0 fully saturated rings. The van der Waals surface area contributed by atoms with Gasteiger partial charge in [0.05, 0.1) is 17.9 Å². The van der Waals surface area contributed by atoms with Crippen molar-refractivity contribution in [2.75, 3.05) is 17.7 Å². The minimum Gasteiger partial charge on any atom is -0.508 e. The summed E-state index contributed by atoms with van der Waals surface area (Å²) in [6, 6.07) is 9.97. The molecular weight excluding hydrogens is 268 g/mol. The second-order valence-corrected chi connectivity index (χ2v) is 4.61. The van der Waals surface area contributed by atoms with Crippen LogP contribution in [0.25, 0.3) is 0 Å². The van der Waals surface area contributed by atoms with Crippen LogP contribution in [0.3, 0.4) is 0 Å². The van der Waals surface area contributed by atoms with Crippen LogP contribution in [0.5, 0.6) is 11.5 Å². The monoisotopic (exact) mass is 286 g/mol. The number of rotatable bonds is 4. The Morgan fingerprint density at radius 1 is 1.33 bits per heavy atom. The fourth-order valence-electron chi connectivity index (χ4n) is 1.92. The van der Waals surface area contributed by atoms with Gasteiger partial charge in [-0.25, -0.2) is 0 Å². The minimum absolute atomic E-state index is 0.130. The topological polar surface area (TPSA) is 84.6 Å². The number of phenolic OH excluding ortho intramolecular Hbond substituents is 1. The van der Waals surface area contributed by atoms with E-state index in [1.807, 2.05) is 6.92 Å². The molecular formula is C16H18N2O3. The second-order valence-electron chi connectivity index (χ2n) is 4.61. The molecule has 0 bridgehead atoms. The molecule has 0 aliphatic carbocycles. The number of carbonyl (C=O) groups is 1. The van der Waals surface area contributed by atoms with Gasteiger partial charge in [0.2, 0.25) is 0 Å². The van der Waals surface area contributed by atoms with E-state index in [-0.39, 0.29) is 11.7 Å². The van der Waals surface area contributed by atoms with Crippen LogP contribution in [-0.4, -0.2) is 17.6 Å². The molecule has 0 spiro atoms. The number of nitrogens with one attached hydrogen (secondary N) is 1. The van der Waals surface area contributed by atoms with Gasteiger partial charge in [0.15, 0.2) is 5.75 Å². The first-order valence-corrected chi connectivity index (χ1v) is 6.65. The van der Waals surface area contributed by atoms with Crippen molar-refractivity contribution in [3.63, 3.8) is 0 Å². The molecule has 0 aliphatic rings. The molecule has 2 aromatic carbocycles. The number of para-hydroxylation sites is 1. The Morgan fingerprint density at radius 3 is 2.76 bits per heavy atom. The summed E-state index contributed by atoms with van der Waals surface area (Å²) in [6.45, 7) is 4.03. The molecule has 0 radical (unpaired) electrons. The van der Waals surface area contributed by atoms with Crippen LogP contribution in [0.4, 0.5) is 11.4 Å². The largest absolute Gasteiger partial charge is 0.508 e. The number of ether oxygens (including phenoxy) is 1. The van der Waals surface area contributed by atoms with Crippen LogP contribution in [0.1, 0.15) is 22.8 Å². The number of carbonyl (C=O) groups excluding carboxylic acids is 1. The van der Waals surface area contributed by atoms with Crippen molar-refractivity contribution in [2.24, 2.45) is 0 Å². The lowest BCUT2D eigenvalue weighted by molar-refractivity contribution is 0.102. The van der Waals surface area contributed by atoms with E-state index < -0.39 is 0 Å². The van der Waals surface area contributed by atoms with Gasteiger partial charge < -0.3 is 20.9 Å². The summed E-state index contributed by atoms with van der Waals surface area (Å²) >= 11 is 0. The lowest BCUT2D eigenvalue weighted by Crippen LogP contribution is -2.14. The first kappa shape index (κ1) is 14.7. The standard InChI is InChI=1S/C16H18N2O3/c1-3-21-15-12(5-4-6-13(15)17)16(20)18-11-8-7-10(2)14(19)9-11/h4-9,19H,3,17H2,1-2H3,(H,18,20). The number of phenols is 1. The van der Waals surface area contributed by atoms with Crippen LogP contribution >= 0.6 is 0 Å². The molecule has 5 nitrogen and oxygen atoms in total. The fourth-order valence-corrected chi connectivity index (χ4v) is 1.92. The molecule has 0 unspecified atom stereocenters. The Morgan fingerprint density at radius 2 is 2.10 bits per heavy atom. The number of hydrogen-bond acceptors (Lipinski definition) is 4. The highest BCUT2D eigenvalue weighted by Gasteiger charge is 2.15. The number of hydrogen-bond donors (Lipinski definition) is 3. The van der Waals surface area contributed by atoms with Gasteiger partial charge in [-0.2, -0.15) is 0 Å². The van der Waals surface area contributed by atoms with Crippen LogP contribution < -0.4 is 15.8 Å². The Balaban J connectivity index is 2.28. The van der Waals surface area contributed by atoms with Crippen molar-refractivity contribution in [1.29, 1.82) is 0 Å². The number of aromatic hydroxyl groups is 1. The summed E-state index contributed by atoms with van der Waals surface area (Å²) in [6.07, 6.45) is 0. The second kappa shape index (κ2) is 6.17. The zero-order chi connectivity index (χ0) is 15.4. The summed E-state index contributed by atoms with van der Waals surface area (Å²) in [5.74, 6) is 0.160. The summed E-state index contributed by atoms with van der Waals surface area (Å²) < 4.78 is 5.43.